The second kappa shape index (κ2) is 8.32. The van der Waals surface area contributed by atoms with E-state index >= 15 is 0 Å². The monoisotopic (exact) mass is 462 g/mol. The summed E-state index contributed by atoms with van der Waals surface area (Å²) in [6.07, 6.45) is -3.57. The van der Waals surface area contributed by atoms with Crippen LogP contribution in [0.5, 0.6) is 5.75 Å². The largest absolute Gasteiger partial charge is 0.497 e. The Morgan fingerprint density at radius 2 is 2.00 bits per heavy atom. The summed E-state index contributed by atoms with van der Waals surface area (Å²) in [6, 6.07) is 5.64. The van der Waals surface area contributed by atoms with Crippen LogP contribution in [0.15, 0.2) is 53.4 Å². The smallest absolute Gasteiger partial charge is 0.421 e. The van der Waals surface area contributed by atoms with Crippen LogP contribution in [0, 0.1) is 11.3 Å². The van der Waals surface area contributed by atoms with Crippen molar-refractivity contribution in [1.82, 2.24) is 20.1 Å². The van der Waals surface area contributed by atoms with Gasteiger partial charge in [0, 0.05) is 19.6 Å². The van der Waals surface area contributed by atoms with E-state index in [0.29, 0.717) is 32.1 Å². The maximum Gasteiger partial charge on any atom is 0.421 e. The molecule has 12 heteroatoms. The van der Waals surface area contributed by atoms with Crippen molar-refractivity contribution >= 4 is 12.0 Å². The molecule has 1 aromatic carbocycles. The van der Waals surface area contributed by atoms with Gasteiger partial charge < -0.3 is 19.7 Å². The Kier molecular flexibility index (Phi) is 5.67. The highest BCUT2D eigenvalue weighted by molar-refractivity contribution is 5.91. The molecule has 0 radical (unpaired) electrons. The van der Waals surface area contributed by atoms with Crippen molar-refractivity contribution in [3.63, 3.8) is 0 Å². The van der Waals surface area contributed by atoms with Gasteiger partial charge in [0.1, 0.15) is 17.4 Å². The van der Waals surface area contributed by atoms with E-state index in [1.54, 1.807) is 11.0 Å². The van der Waals surface area contributed by atoms with Crippen LogP contribution in [0.25, 0.3) is 0 Å². The molecular weight excluding hydrogens is 441 g/mol. The number of ether oxygens (including phenoxy) is 2. The molecule has 3 aliphatic rings. The van der Waals surface area contributed by atoms with Crippen LogP contribution in [0.3, 0.4) is 0 Å². The highest BCUT2D eigenvalue weighted by atomic mass is 19.4. The van der Waals surface area contributed by atoms with E-state index in [1.165, 1.54) is 42.4 Å². The Bertz CT molecular complexity index is 1060. The number of carbonyl (C=O) groups is 1. The zero-order valence-corrected chi connectivity index (χ0v) is 17.7. The number of nitrogens with one attached hydrogen (secondary N) is 1. The molecule has 0 bridgehead atoms. The van der Waals surface area contributed by atoms with Gasteiger partial charge in [-0.1, -0.05) is 18.2 Å². The van der Waals surface area contributed by atoms with Crippen LogP contribution in [-0.2, 0) is 10.3 Å². The molecule has 9 nitrogen and oxygen atoms in total. The molecule has 0 aromatic heterocycles. The first-order valence-corrected chi connectivity index (χ1v) is 10.1. The van der Waals surface area contributed by atoms with Crippen molar-refractivity contribution in [2.75, 3.05) is 40.0 Å². The molecule has 3 aliphatic heterocycles. The fraction of sp³-hybridized carbons (Fsp3) is 0.381. The number of alkyl halides is 3. The number of nitriles is 1. The van der Waals surface area contributed by atoms with Crippen LogP contribution < -0.4 is 10.1 Å². The summed E-state index contributed by atoms with van der Waals surface area (Å²) >= 11 is 0. The standard InChI is InChI=1S/C21H21F3N6O3/c1-3-8-29-17-16(13-25)20(21(22,23)24,14-4-6-15(32-2)7-5-14)26-19(31)30(17)27-18(29)28-9-11-33-12-10-28/h3-7H,1,8-12H2,2H3,(H,26,31). The number of benzene rings is 1. The van der Waals surface area contributed by atoms with Gasteiger partial charge in [-0.25, -0.2) is 4.79 Å². The Morgan fingerprint density at radius 1 is 1.33 bits per heavy atom. The molecule has 1 aromatic rings. The Morgan fingerprint density at radius 3 is 2.55 bits per heavy atom. The number of methoxy groups -OCH3 is 1. The van der Waals surface area contributed by atoms with Gasteiger partial charge in [0.05, 0.1) is 20.3 Å². The van der Waals surface area contributed by atoms with Crippen molar-refractivity contribution in [2.45, 2.75) is 11.7 Å². The number of halogens is 3. The number of guanidine groups is 1. The third kappa shape index (κ3) is 3.45. The summed E-state index contributed by atoms with van der Waals surface area (Å²) in [7, 11) is 1.38. The fourth-order valence-corrected chi connectivity index (χ4v) is 4.09. The summed E-state index contributed by atoms with van der Waals surface area (Å²) in [6.45, 7) is 5.37. The topological polar surface area (TPSA) is 93.4 Å². The third-order valence-corrected chi connectivity index (χ3v) is 5.64. The Balaban J connectivity index is 1.94. The lowest BCUT2D eigenvalue weighted by Crippen LogP contribution is -2.63. The molecule has 1 unspecified atom stereocenters. The predicted octanol–water partition coefficient (Wildman–Crippen LogP) is 2.32. The molecule has 1 N–H and O–H groups in total. The SMILES string of the molecule is C=CCN1C(N2CCOCC2)=NN2C(=O)NC(c3ccc(OC)cc3)(C(F)(F)F)C(C#N)=C12. The summed E-state index contributed by atoms with van der Waals surface area (Å²) in [4.78, 5) is 16.2. The molecule has 1 atom stereocenters. The van der Waals surface area contributed by atoms with Gasteiger partial charge in [-0.15, -0.1) is 11.7 Å². The van der Waals surface area contributed by atoms with Gasteiger partial charge in [-0.05, 0) is 17.7 Å². The normalized spacial score (nSPS) is 23.1. The zero-order chi connectivity index (χ0) is 23.8. The van der Waals surface area contributed by atoms with Crippen molar-refractivity contribution < 1.29 is 27.4 Å². The maximum absolute atomic E-state index is 14.7. The number of nitrogens with zero attached hydrogens (tertiary/aromatic N) is 5. The van der Waals surface area contributed by atoms with E-state index in [4.69, 9.17) is 9.47 Å². The second-order valence-corrected chi connectivity index (χ2v) is 7.43. The lowest BCUT2D eigenvalue weighted by atomic mass is 9.80. The molecule has 0 aliphatic carbocycles. The number of carbonyl (C=O) groups excluding carboxylic acids is 1. The molecule has 1 fully saturated rings. The molecule has 3 heterocycles. The van der Waals surface area contributed by atoms with Crippen LogP contribution in [-0.4, -0.2) is 72.9 Å². The van der Waals surface area contributed by atoms with E-state index < -0.39 is 23.3 Å². The first-order valence-electron chi connectivity index (χ1n) is 10.1. The molecular formula is C21H21F3N6O3. The molecule has 0 saturated carbocycles. The van der Waals surface area contributed by atoms with Crippen molar-refractivity contribution in [2.24, 2.45) is 5.10 Å². The number of hydrogen-bond donors (Lipinski definition) is 1. The number of amides is 2. The van der Waals surface area contributed by atoms with Crippen LogP contribution >= 0.6 is 0 Å². The van der Waals surface area contributed by atoms with Crippen LogP contribution in [0.4, 0.5) is 18.0 Å². The summed E-state index contributed by atoms with van der Waals surface area (Å²) in [5, 5.41) is 17.1. The number of fused-ring (bicyclic) bond motifs is 1. The van der Waals surface area contributed by atoms with Crippen LogP contribution in [0.2, 0.25) is 0 Å². The number of morpholine rings is 1. The molecule has 1 saturated heterocycles. The average Bonchev–Trinajstić information content (AvgIpc) is 3.19. The van der Waals surface area contributed by atoms with Gasteiger partial charge in [-0.3, -0.25) is 4.90 Å². The van der Waals surface area contributed by atoms with Crippen LogP contribution in [0.1, 0.15) is 5.56 Å². The van der Waals surface area contributed by atoms with Crippen molar-refractivity contribution in [3.05, 3.63) is 53.9 Å². The number of hydrazone groups is 1. The second-order valence-electron chi connectivity index (χ2n) is 7.43. The van der Waals surface area contributed by atoms with Gasteiger partial charge in [0.15, 0.2) is 5.82 Å². The van der Waals surface area contributed by atoms with Crippen molar-refractivity contribution in [1.29, 1.82) is 5.26 Å². The summed E-state index contributed by atoms with van der Waals surface area (Å²) < 4.78 is 54.6. The average molecular weight is 462 g/mol. The molecule has 0 spiro atoms. The first kappa shape index (κ1) is 22.5. The Hall–Kier alpha value is -3.72. The minimum absolute atomic E-state index is 0.0387. The molecule has 33 heavy (non-hydrogen) atoms. The number of urea groups is 1. The van der Waals surface area contributed by atoms with E-state index in [0.717, 1.165) is 5.01 Å². The highest BCUT2D eigenvalue weighted by Gasteiger charge is 2.65. The zero-order valence-electron chi connectivity index (χ0n) is 17.7. The highest BCUT2D eigenvalue weighted by Crippen LogP contribution is 2.49. The molecule has 2 amide bonds. The Labute approximate surface area is 187 Å². The van der Waals surface area contributed by atoms with Gasteiger partial charge >= 0.3 is 12.2 Å². The number of rotatable bonds is 4. The predicted molar refractivity (Wildman–Crippen MR) is 110 cm³/mol. The van der Waals surface area contributed by atoms with Gasteiger partial charge in [0.25, 0.3) is 0 Å². The van der Waals surface area contributed by atoms with Crippen molar-refractivity contribution in [3.8, 4) is 11.8 Å². The van der Waals surface area contributed by atoms with E-state index in [9.17, 15) is 23.2 Å². The third-order valence-electron chi connectivity index (χ3n) is 5.64. The molecule has 4 rings (SSSR count). The van der Waals surface area contributed by atoms with Gasteiger partial charge in [0.2, 0.25) is 11.5 Å². The summed E-state index contributed by atoms with van der Waals surface area (Å²) in [5.41, 5.74) is -4.10. The van der Waals surface area contributed by atoms with E-state index in [1.807, 2.05) is 5.32 Å². The number of hydrogen-bond acceptors (Lipinski definition) is 7. The van der Waals surface area contributed by atoms with E-state index in [-0.39, 0.29) is 23.9 Å². The fourth-order valence-electron chi connectivity index (χ4n) is 4.09. The van der Waals surface area contributed by atoms with E-state index in [2.05, 4.69) is 11.7 Å². The maximum atomic E-state index is 14.7. The minimum atomic E-state index is -5.04. The first-order chi connectivity index (χ1) is 15.8. The lowest BCUT2D eigenvalue weighted by Gasteiger charge is -2.42. The van der Waals surface area contributed by atoms with Gasteiger partial charge in [-0.2, -0.15) is 23.4 Å². The molecule has 174 valence electrons. The quantitative estimate of drug-likeness (QED) is 0.691. The minimum Gasteiger partial charge on any atom is -0.497 e. The lowest BCUT2D eigenvalue weighted by molar-refractivity contribution is -0.186. The summed E-state index contributed by atoms with van der Waals surface area (Å²) in [5.74, 6) is 0.331.